The Balaban J connectivity index is 0.00000289. The minimum atomic E-state index is 0. The maximum Gasteiger partial charge on any atom is 0.191 e. The summed E-state index contributed by atoms with van der Waals surface area (Å²) in [5.41, 5.74) is 4.96. The van der Waals surface area contributed by atoms with Crippen LogP contribution in [0.1, 0.15) is 23.6 Å². The van der Waals surface area contributed by atoms with E-state index in [4.69, 9.17) is 4.99 Å². The predicted molar refractivity (Wildman–Crippen MR) is 143 cm³/mol. The van der Waals surface area contributed by atoms with E-state index < -0.39 is 0 Å². The monoisotopic (exact) mass is 542 g/mol. The van der Waals surface area contributed by atoms with Crippen molar-refractivity contribution in [2.24, 2.45) is 4.99 Å². The van der Waals surface area contributed by atoms with E-state index in [-0.39, 0.29) is 24.0 Å². The zero-order valence-corrected chi connectivity index (χ0v) is 20.8. The summed E-state index contributed by atoms with van der Waals surface area (Å²) in [7, 11) is 0. The number of nitrogens with zero attached hydrogens (tertiary/aromatic N) is 4. The van der Waals surface area contributed by atoms with Crippen LogP contribution in [0.4, 0.5) is 5.69 Å². The number of hydrogen-bond acceptors (Lipinski definition) is 3. The van der Waals surface area contributed by atoms with Gasteiger partial charge in [-0.1, -0.05) is 48.6 Å². The Morgan fingerprint density at radius 2 is 1.81 bits per heavy atom. The first-order valence-corrected chi connectivity index (χ1v) is 10.9. The largest absolute Gasteiger partial charge is 0.364 e. The van der Waals surface area contributed by atoms with E-state index >= 15 is 0 Å². The first-order valence-electron chi connectivity index (χ1n) is 10.9. The van der Waals surface area contributed by atoms with Crippen molar-refractivity contribution in [2.45, 2.75) is 26.6 Å². The average Bonchev–Trinajstić information content (AvgIpc) is 3.51. The Morgan fingerprint density at radius 1 is 1.00 bits per heavy atom. The zero-order valence-electron chi connectivity index (χ0n) is 18.4. The molecule has 0 saturated heterocycles. The molecule has 3 aromatic rings. The normalized spacial score (nSPS) is 13.2. The number of aromatic nitrogens is 2. The fraction of sp³-hybridized carbons (Fsp3) is 0.280. The first-order chi connectivity index (χ1) is 15.3. The van der Waals surface area contributed by atoms with Crippen molar-refractivity contribution in [1.29, 1.82) is 0 Å². The SMILES string of the molecule is CCNC(=NCc1cccc(N2CC=CC2)c1)NCc1ccccc1Cn1cccn1.I. The van der Waals surface area contributed by atoms with Crippen LogP contribution in [-0.2, 0) is 19.6 Å². The van der Waals surface area contributed by atoms with Crippen molar-refractivity contribution in [1.82, 2.24) is 20.4 Å². The smallest absolute Gasteiger partial charge is 0.191 e. The lowest BCUT2D eigenvalue weighted by atomic mass is 10.1. The van der Waals surface area contributed by atoms with Gasteiger partial charge >= 0.3 is 0 Å². The van der Waals surface area contributed by atoms with Gasteiger partial charge in [0.1, 0.15) is 0 Å². The summed E-state index contributed by atoms with van der Waals surface area (Å²) in [6.07, 6.45) is 8.22. The highest BCUT2D eigenvalue weighted by Gasteiger charge is 2.08. The van der Waals surface area contributed by atoms with E-state index in [2.05, 4.69) is 88.2 Å². The molecular weight excluding hydrogens is 511 g/mol. The highest BCUT2D eigenvalue weighted by Crippen LogP contribution is 2.19. The third-order valence-electron chi connectivity index (χ3n) is 5.31. The Kier molecular flexibility index (Phi) is 9.15. The maximum atomic E-state index is 4.81. The molecule has 2 aromatic carbocycles. The lowest BCUT2D eigenvalue weighted by molar-refractivity contribution is 0.677. The Labute approximate surface area is 207 Å². The van der Waals surface area contributed by atoms with Crippen LogP contribution < -0.4 is 15.5 Å². The van der Waals surface area contributed by atoms with Crippen LogP contribution in [0.3, 0.4) is 0 Å². The number of benzene rings is 2. The highest BCUT2D eigenvalue weighted by atomic mass is 127. The molecule has 7 heteroatoms. The molecule has 6 nitrogen and oxygen atoms in total. The molecule has 0 spiro atoms. The van der Waals surface area contributed by atoms with Gasteiger partial charge in [-0.25, -0.2) is 4.99 Å². The van der Waals surface area contributed by atoms with E-state index in [1.165, 1.54) is 22.4 Å². The first kappa shape index (κ1) is 23.8. The van der Waals surface area contributed by atoms with Crippen molar-refractivity contribution in [3.05, 3.63) is 95.8 Å². The van der Waals surface area contributed by atoms with E-state index in [0.29, 0.717) is 13.1 Å². The van der Waals surface area contributed by atoms with E-state index in [9.17, 15) is 0 Å². The topological polar surface area (TPSA) is 57.5 Å². The molecule has 168 valence electrons. The molecule has 1 aromatic heterocycles. The fourth-order valence-electron chi connectivity index (χ4n) is 3.68. The maximum absolute atomic E-state index is 4.81. The molecule has 1 aliphatic heterocycles. The summed E-state index contributed by atoms with van der Waals surface area (Å²) in [5.74, 6) is 0.824. The summed E-state index contributed by atoms with van der Waals surface area (Å²) < 4.78 is 1.95. The molecule has 1 aliphatic rings. The lowest BCUT2D eigenvalue weighted by Crippen LogP contribution is -2.37. The number of hydrogen-bond donors (Lipinski definition) is 2. The van der Waals surface area contributed by atoms with Gasteiger partial charge in [-0.2, -0.15) is 5.10 Å². The minimum Gasteiger partial charge on any atom is -0.364 e. The van der Waals surface area contributed by atoms with Gasteiger partial charge in [0.2, 0.25) is 0 Å². The molecule has 2 N–H and O–H groups in total. The molecule has 0 radical (unpaired) electrons. The quantitative estimate of drug-likeness (QED) is 0.194. The van der Waals surface area contributed by atoms with Crippen molar-refractivity contribution >= 4 is 35.6 Å². The van der Waals surface area contributed by atoms with Crippen LogP contribution >= 0.6 is 24.0 Å². The Hall–Kier alpha value is -2.81. The van der Waals surface area contributed by atoms with Gasteiger partial charge in [-0.3, -0.25) is 4.68 Å². The van der Waals surface area contributed by atoms with Gasteiger partial charge in [-0.15, -0.1) is 24.0 Å². The van der Waals surface area contributed by atoms with Crippen LogP contribution in [0.15, 0.2) is 84.1 Å². The molecule has 0 fully saturated rings. The molecule has 0 amide bonds. The van der Waals surface area contributed by atoms with Crippen LogP contribution in [0.5, 0.6) is 0 Å². The lowest BCUT2D eigenvalue weighted by Gasteiger charge is -2.18. The predicted octanol–water partition coefficient (Wildman–Crippen LogP) is 4.18. The number of halogens is 1. The number of rotatable bonds is 8. The third-order valence-corrected chi connectivity index (χ3v) is 5.31. The van der Waals surface area contributed by atoms with Crippen molar-refractivity contribution < 1.29 is 0 Å². The minimum absolute atomic E-state index is 0. The van der Waals surface area contributed by atoms with Gasteiger partial charge in [0, 0.05) is 44.3 Å². The molecule has 4 rings (SSSR count). The Morgan fingerprint density at radius 3 is 2.56 bits per heavy atom. The van der Waals surface area contributed by atoms with E-state index in [1.54, 1.807) is 0 Å². The number of nitrogens with one attached hydrogen (secondary N) is 2. The van der Waals surface area contributed by atoms with Crippen molar-refractivity contribution in [3.8, 4) is 0 Å². The molecule has 2 heterocycles. The van der Waals surface area contributed by atoms with Gasteiger partial charge in [0.05, 0.1) is 13.1 Å². The van der Waals surface area contributed by atoms with Crippen molar-refractivity contribution in [2.75, 3.05) is 24.5 Å². The van der Waals surface area contributed by atoms with Crippen LogP contribution in [0, 0.1) is 0 Å². The second kappa shape index (κ2) is 12.3. The van der Waals surface area contributed by atoms with Crippen LogP contribution in [-0.4, -0.2) is 35.4 Å². The number of guanidine groups is 1. The van der Waals surface area contributed by atoms with Gasteiger partial charge in [0.25, 0.3) is 0 Å². The molecule has 0 saturated carbocycles. The van der Waals surface area contributed by atoms with Crippen LogP contribution in [0.25, 0.3) is 0 Å². The highest BCUT2D eigenvalue weighted by molar-refractivity contribution is 14.0. The van der Waals surface area contributed by atoms with Gasteiger partial charge < -0.3 is 15.5 Å². The molecule has 0 aliphatic carbocycles. The Bertz CT molecular complexity index is 1020. The summed E-state index contributed by atoms with van der Waals surface area (Å²) in [6.45, 7) is 6.98. The fourth-order valence-corrected chi connectivity index (χ4v) is 3.68. The number of anilines is 1. The average molecular weight is 542 g/mol. The molecule has 32 heavy (non-hydrogen) atoms. The molecule has 0 bridgehead atoms. The van der Waals surface area contributed by atoms with Gasteiger partial charge in [0.15, 0.2) is 5.96 Å². The number of aliphatic imine (C=N–C) groups is 1. The molecular formula is C25H31IN6. The standard InChI is InChI=1S/C25H30N6.HI/c1-2-26-25(27-18-21-9-7-12-24(17-21)30-14-5-6-15-30)28-19-22-10-3-4-11-23(22)20-31-16-8-13-29-31;/h3-13,16-17H,2,14-15,18-20H2,1H3,(H2,26,27,28);1H. The van der Waals surface area contributed by atoms with Gasteiger partial charge in [-0.05, 0) is 41.8 Å². The second-order valence-electron chi connectivity index (χ2n) is 7.57. The molecule has 0 unspecified atom stereocenters. The van der Waals surface area contributed by atoms with E-state index in [1.807, 2.05) is 23.1 Å². The summed E-state index contributed by atoms with van der Waals surface area (Å²) in [6, 6.07) is 19.1. The molecule has 0 atom stereocenters. The zero-order chi connectivity index (χ0) is 21.3. The van der Waals surface area contributed by atoms with E-state index in [0.717, 1.165) is 32.1 Å². The van der Waals surface area contributed by atoms with Crippen LogP contribution in [0.2, 0.25) is 0 Å². The summed E-state index contributed by atoms with van der Waals surface area (Å²) in [4.78, 5) is 7.17. The second-order valence-corrected chi connectivity index (χ2v) is 7.57. The third kappa shape index (κ3) is 6.59. The van der Waals surface area contributed by atoms with Crippen molar-refractivity contribution in [3.63, 3.8) is 0 Å². The summed E-state index contributed by atoms with van der Waals surface area (Å²) in [5, 5.41) is 11.2. The summed E-state index contributed by atoms with van der Waals surface area (Å²) >= 11 is 0.